The van der Waals surface area contributed by atoms with Crippen LogP contribution in [0.25, 0.3) is 5.69 Å². The SMILES string of the molecule is O=C(c1nnn(-c2ccc(F)cc2)n1)N(Cc1ccccc1)c1ccccc1. The molecule has 1 aromatic heterocycles. The van der Waals surface area contributed by atoms with E-state index in [1.807, 2.05) is 60.7 Å². The van der Waals surface area contributed by atoms with Crippen molar-refractivity contribution in [1.29, 1.82) is 0 Å². The lowest BCUT2D eigenvalue weighted by atomic mass is 10.2. The van der Waals surface area contributed by atoms with E-state index < -0.39 is 0 Å². The molecule has 1 amide bonds. The van der Waals surface area contributed by atoms with Crippen molar-refractivity contribution in [2.45, 2.75) is 6.54 Å². The second-order valence-electron chi connectivity index (χ2n) is 6.09. The van der Waals surface area contributed by atoms with Gasteiger partial charge in [0.25, 0.3) is 11.7 Å². The van der Waals surface area contributed by atoms with Crippen molar-refractivity contribution in [1.82, 2.24) is 20.2 Å². The van der Waals surface area contributed by atoms with Gasteiger partial charge in [0.2, 0.25) is 0 Å². The van der Waals surface area contributed by atoms with E-state index in [0.717, 1.165) is 11.3 Å². The number of anilines is 1. The Kier molecular flexibility index (Phi) is 4.88. The highest BCUT2D eigenvalue weighted by atomic mass is 19.1. The molecule has 138 valence electrons. The number of benzene rings is 3. The predicted molar refractivity (Wildman–Crippen MR) is 103 cm³/mol. The summed E-state index contributed by atoms with van der Waals surface area (Å²) in [6.07, 6.45) is 0. The van der Waals surface area contributed by atoms with Gasteiger partial charge in [-0.25, -0.2) is 4.39 Å². The van der Waals surface area contributed by atoms with E-state index in [-0.39, 0.29) is 17.5 Å². The number of nitrogens with zero attached hydrogens (tertiary/aromatic N) is 5. The van der Waals surface area contributed by atoms with Crippen molar-refractivity contribution in [3.05, 3.63) is 102 Å². The van der Waals surface area contributed by atoms with Crippen LogP contribution in [0.5, 0.6) is 0 Å². The van der Waals surface area contributed by atoms with Gasteiger partial charge in [0, 0.05) is 5.69 Å². The number of hydrogen-bond donors (Lipinski definition) is 0. The van der Waals surface area contributed by atoms with Gasteiger partial charge in [-0.3, -0.25) is 4.79 Å². The molecule has 28 heavy (non-hydrogen) atoms. The molecule has 1 heterocycles. The Morgan fingerprint density at radius 3 is 2.21 bits per heavy atom. The van der Waals surface area contributed by atoms with Gasteiger partial charge in [-0.1, -0.05) is 48.5 Å². The molecule has 0 unspecified atom stereocenters. The topological polar surface area (TPSA) is 63.9 Å². The Morgan fingerprint density at radius 2 is 1.54 bits per heavy atom. The van der Waals surface area contributed by atoms with Crippen LogP contribution in [-0.2, 0) is 6.54 Å². The number of carbonyl (C=O) groups excluding carboxylic acids is 1. The zero-order valence-corrected chi connectivity index (χ0v) is 14.8. The second-order valence-corrected chi connectivity index (χ2v) is 6.09. The summed E-state index contributed by atoms with van der Waals surface area (Å²) in [6, 6.07) is 24.6. The second kappa shape index (κ2) is 7.79. The number of para-hydroxylation sites is 1. The molecule has 0 aliphatic rings. The maximum absolute atomic E-state index is 13.1. The summed E-state index contributed by atoms with van der Waals surface area (Å²) in [4.78, 5) is 15.9. The summed E-state index contributed by atoms with van der Waals surface area (Å²) in [5.41, 5.74) is 2.22. The Morgan fingerprint density at radius 1 is 0.893 bits per heavy atom. The van der Waals surface area contributed by atoms with Crippen LogP contribution in [0.1, 0.15) is 16.2 Å². The summed E-state index contributed by atoms with van der Waals surface area (Å²) < 4.78 is 13.1. The lowest BCUT2D eigenvalue weighted by Crippen LogP contribution is -2.31. The number of aromatic nitrogens is 4. The molecule has 0 saturated heterocycles. The van der Waals surface area contributed by atoms with Gasteiger partial charge in [-0.15, -0.1) is 15.0 Å². The van der Waals surface area contributed by atoms with E-state index in [1.54, 1.807) is 4.90 Å². The molecule has 0 bridgehead atoms. The van der Waals surface area contributed by atoms with Crippen LogP contribution in [0.15, 0.2) is 84.9 Å². The number of rotatable bonds is 5. The molecule has 0 saturated carbocycles. The van der Waals surface area contributed by atoms with Crippen molar-refractivity contribution in [2.24, 2.45) is 0 Å². The van der Waals surface area contributed by atoms with Crippen molar-refractivity contribution in [3.63, 3.8) is 0 Å². The highest BCUT2D eigenvalue weighted by molar-refractivity contribution is 6.03. The molecule has 0 aliphatic heterocycles. The molecular formula is C21H16FN5O. The monoisotopic (exact) mass is 373 g/mol. The van der Waals surface area contributed by atoms with E-state index in [4.69, 9.17) is 0 Å². The van der Waals surface area contributed by atoms with Crippen LogP contribution >= 0.6 is 0 Å². The Balaban J connectivity index is 1.65. The lowest BCUT2D eigenvalue weighted by molar-refractivity contribution is 0.0975. The molecule has 0 aliphatic carbocycles. The van der Waals surface area contributed by atoms with E-state index >= 15 is 0 Å². The first kappa shape index (κ1) is 17.5. The quantitative estimate of drug-likeness (QED) is 0.536. The third-order valence-corrected chi connectivity index (χ3v) is 4.16. The van der Waals surface area contributed by atoms with Crippen molar-refractivity contribution < 1.29 is 9.18 Å². The highest BCUT2D eigenvalue weighted by Crippen LogP contribution is 2.19. The molecular weight excluding hydrogens is 357 g/mol. The van der Waals surface area contributed by atoms with Crippen molar-refractivity contribution in [3.8, 4) is 5.69 Å². The lowest BCUT2D eigenvalue weighted by Gasteiger charge is -2.21. The molecule has 7 heteroatoms. The summed E-state index contributed by atoms with van der Waals surface area (Å²) in [7, 11) is 0. The van der Waals surface area contributed by atoms with Gasteiger partial charge in [-0.2, -0.15) is 0 Å². The Hall–Kier alpha value is -3.87. The van der Waals surface area contributed by atoms with Gasteiger partial charge in [0.1, 0.15) is 5.82 Å². The number of carbonyl (C=O) groups is 1. The van der Waals surface area contributed by atoms with Gasteiger partial charge in [-0.05, 0) is 47.2 Å². The summed E-state index contributed by atoms with van der Waals surface area (Å²) in [5.74, 6) is -0.772. The minimum Gasteiger partial charge on any atom is -0.301 e. The highest BCUT2D eigenvalue weighted by Gasteiger charge is 2.23. The standard InChI is InChI=1S/C21H16FN5O/c22-17-11-13-19(14-12-17)27-24-20(23-25-27)21(28)26(18-9-5-2-6-10-18)15-16-7-3-1-4-8-16/h1-14H,15H2. The van der Waals surface area contributed by atoms with Gasteiger partial charge in [0.15, 0.2) is 0 Å². The van der Waals surface area contributed by atoms with Crippen LogP contribution in [0, 0.1) is 5.82 Å². The number of amides is 1. The van der Waals surface area contributed by atoms with E-state index in [9.17, 15) is 9.18 Å². The first-order valence-electron chi connectivity index (χ1n) is 8.67. The normalized spacial score (nSPS) is 10.6. The van der Waals surface area contributed by atoms with E-state index in [1.165, 1.54) is 29.1 Å². The molecule has 0 spiro atoms. The molecule has 0 fully saturated rings. The van der Waals surface area contributed by atoms with E-state index in [0.29, 0.717) is 12.2 Å². The van der Waals surface area contributed by atoms with Crippen molar-refractivity contribution in [2.75, 3.05) is 4.90 Å². The molecule has 0 N–H and O–H groups in total. The first-order chi connectivity index (χ1) is 13.7. The molecule has 3 aromatic carbocycles. The van der Waals surface area contributed by atoms with Crippen LogP contribution in [0.4, 0.5) is 10.1 Å². The summed E-state index contributed by atoms with van der Waals surface area (Å²) >= 11 is 0. The first-order valence-corrected chi connectivity index (χ1v) is 8.67. The fourth-order valence-electron chi connectivity index (χ4n) is 2.76. The smallest absolute Gasteiger partial charge is 0.300 e. The van der Waals surface area contributed by atoms with Gasteiger partial charge < -0.3 is 4.90 Å². The molecule has 0 radical (unpaired) electrons. The fourth-order valence-corrected chi connectivity index (χ4v) is 2.76. The zero-order valence-electron chi connectivity index (χ0n) is 14.8. The summed E-state index contributed by atoms with van der Waals surface area (Å²) in [5, 5.41) is 12.0. The third-order valence-electron chi connectivity index (χ3n) is 4.16. The zero-order chi connectivity index (χ0) is 19.3. The minimum absolute atomic E-state index is 0.0379. The summed E-state index contributed by atoms with van der Waals surface area (Å²) in [6.45, 7) is 0.370. The molecule has 4 aromatic rings. The van der Waals surface area contributed by atoms with E-state index in [2.05, 4.69) is 15.4 Å². The van der Waals surface area contributed by atoms with Crippen LogP contribution in [0.3, 0.4) is 0 Å². The molecule has 4 rings (SSSR count). The number of halogens is 1. The Bertz CT molecular complexity index is 1060. The Labute approximate surface area is 160 Å². The average Bonchev–Trinajstić information content (AvgIpc) is 3.24. The third kappa shape index (κ3) is 3.78. The largest absolute Gasteiger partial charge is 0.301 e. The molecule has 6 nitrogen and oxygen atoms in total. The van der Waals surface area contributed by atoms with Crippen LogP contribution < -0.4 is 4.90 Å². The van der Waals surface area contributed by atoms with Gasteiger partial charge >= 0.3 is 0 Å². The predicted octanol–water partition coefficient (Wildman–Crippen LogP) is 3.65. The average molecular weight is 373 g/mol. The fraction of sp³-hybridized carbons (Fsp3) is 0.0476. The minimum atomic E-state index is -0.372. The maximum Gasteiger partial charge on any atom is 0.300 e. The van der Waals surface area contributed by atoms with Crippen LogP contribution in [-0.4, -0.2) is 26.1 Å². The maximum atomic E-state index is 13.1. The number of hydrogen-bond acceptors (Lipinski definition) is 4. The number of tetrazole rings is 1. The van der Waals surface area contributed by atoms with Crippen molar-refractivity contribution >= 4 is 11.6 Å². The molecule has 0 atom stereocenters. The van der Waals surface area contributed by atoms with Gasteiger partial charge in [0.05, 0.1) is 12.2 Å². The van der Waals surface area contributed by atoms with Crippen LogP contribution in [0.2, 0.25) is 0 Å².